The smallest absolute Gasteiger partial charge is 0.192 e. The molecule has 0 aliphatic rings. The molecule has 0 aliphatic heterocycles. The quantitative estimate of drug-likeness (QED) is 0.418. The third-order valence-electron chi connectivity index (χ3n) is 4.39. The molecule has 0 heterocycles. The van der Waals surface area contributed by atoms with E-state index in [0.29, 0.717) is 18.9 Å². The van der Waals surface area contributed by atoms with E-state index in [9.17, 15) is 4.21 Å². The fraction of sp³-hybridized carbons (Fsp3) is 0.684. The van der Waals surface area contributed by atoms with Crippen molar-refractivity contribution in [1.82, 2.24) is 4.72 Å². The van der Waals surface area contributed by atoms with Crippen LogP contribution < -0.4 is 9.46 Å². The first-order valence-electron chi connectivity index (χ1n) is 8.73. The second-order valence-electron chi connectivity index (χ2n) is 8.80. The Morgan fingerprint density at radius 2 is 1.88 bits per heavy atom. The lowest BCUT2D eigenvalue weighted by Crippen LogP contribution is -2.49. The Labute approximate surface area is 157 Å². The molecule has 0 saturated carbocycles. The minimum absolute atomic E-state index is 0.101. The van der Waals surface area contributed by atoms with Gasteiger partial charge in [-0.1, -0.05) is 31.0 Å². The Bertz CT molecular complexity index is 550. The highest BCUT2D eigenvalue weighted by Gasteiger charge is 2.39. The molecule has 0 radical (unpaired) electrons. The predicted molar refractivity (Wildman–Crippen MR) is 109 cm³/mol. The molecular weight excluding hydrogens is 350 g/mol. The molecule has 0 amide bonds. The molecule has 1 N–H and O–H groups in total. The molecule has 0 spiro atoms. The van der Waals surface area contributed by atoms with Gasteiger partial charge in [-0.3, -0.25) is 0 Å². The molecule has 0 aromatic heterocycles. The second kappa shape index (κ2) is 8.68. The number of thiol groups is 1. The molecule has 0 fully saturated rings. The molecule has 25 heavy (non-hydrogen) atoms. The molecule has 4 nitrogen and oxygen atoms in total. The van der Waals surface area contributed by atoms with E-state index in [1.54, 1.807) is 6.07 Å². The molecule has 142 valence electrons. The van der Waals surface area contributed by atoms with E-state index >= 15 is 0 Å². The van der Waals surface area contributed by atoms with E-state index in [1.165, 1.54) is 0 Å². The first-order chi connectivity index (χ1) is 11.3. The summed E-state index contributed by atoms with van der Waals surface area (Å²) < 4.78 is 27.5. The highest BCUT2D eigenvalue weighted by atomic mass is 32.2. The Morgan fingerprint density at radius 1 is 1.24 bits per heavy atom. The minimum Gasteiger partial charge on any atom is -0.483 e. The number of hydrogen-bond acceptors (Lipinski definition) is 3. The van der Waals surface area contributed by atoms with Crippen molar-refractivity contribution >= 4 is 19.3 Å². The maximum absolute atomic E-state index is 12.3. The van der Waals surface area contributed by atoms with E-state index in [2.05, 4.69) is 50.7 Å². The van der Waals surface area contributed by atoms with Gasteiger partial charge >= 0.3 is 0 Å². The van der Waals surface area contributed by atoms with Gasteiger partial charge in [0, 0.05) is 0 Å². The Hall–Kier alpha value is -0.873. The Balaban J connectivity index is 2.77. The summed E-state index contributed by atoms with van der Waals surface area (Å²) in [7, 11) is -3.48. The minimum atomic E-state index is -1.96. The van der Waals surface area contributed by atoms with Crippen LogP contribution in [0.1, 0.15) is 41.5 Å². The molecule has 1 aromatic carbocycles. The van der Waals surface area contributed by atoms with Gasteiger partial charge in [0.15, 0.2) is 14.1 Å². The van der Waals surface area contributed by atoms with Crippen LogP contribution >= 0.6 is 0 Å². The summed E-state index contributed by atoms with van der Waals surface area (Å²) in [6, 6.07) is 11.3. The van der Waals surface area contributed by atoms with E-state index in [0.717, 1.165) is 0 Å². The van der Waals surface area contributed by atoms with Crippen molar-refractivity contribution in [3.8, 4) is 5.75 Å². The predicted octanol–water partition coefficient (Wildman–Crippen LogP) is 4.06. The Kier molecular flexibility index (Phi) is 7.69. The molecule has 1 unspecified atom stereocenters. The summed E-state index contributed by atoms with van der Waals surface area (Å²) >= 11 is 0. The third kappa shape index (κ3) is 7.49. The highest BCUT2D eigenvalue weighted by Crippen LogP contribution is 2.37. The van der Waals surface area contributed by atoms with Gasteiger partial charge in [-0.05, 0) is 63.2 Å². The molecule has 6 heteroatoms. The van der Waals surface area contributed by atoms with Crippen molar-refractivity contribution in [2.75, 3.05) is 13.2 Å². The van der Waals surface area contributed by atoms with Gasteiger partial charge in [-0.2, -0.15) is 0 Å². The van der Waals surface area contributed by atoms with Crippen molar-refractivity contribution in [2.24, 2.45) is 0 Å². The molecule has 0 aliphatic carbocycles. The van der Waals surface area contributed by atoms with Crippen LogP contribution in [0.4, 0.5) is 0 Å². The third-order valence-corrected chi connectivity index (χ3v) is 10.6. The summed E-state index contributed by atoms with van der Waals surface area (Å²) in [6.07, 6.45) is -0.171. The van der Waals surface area contributed by atoms with Crippen LogP contribution in [0.25, 0.3) is 0 Å². The second-order valence-corrected chi connectivity index (χ2v) is 15.8. The van der Waals surface area contributed by atoms with Crippen molar-refractivity contribution < 1.29 is 13.4 Å². The van der Waals surface area contributed by atoms with Crippen LogP contribution in [0.5, 0.6) is 5.75 Å². The fourth-order valence-electron chi connectivity index (χ4n) is 1.75. The van der Waals surface area contributed by atoms with E-state index in [1.807, 2.05) is 32.9 Å². The van der Waals surface area contributed by atoms with Crippen molar-refractivity contribution in [3.63, 3.8) is 0 Å². The van der Waals surface area contributed by atoms with Gasteiger partial charge in [-0.25, -0.2) is 0 Å². The van der Waals surface area contributed by atoms with Crippen molar-refractivity contribution in [3.05, 3.63) is 30.3 Å². The average molecular weight is 385 g/mol. The molecule has 2 atom stereocenters. The van der Waals surface area contributed by atoms with Gasteiger partial charge in [0.2, 0.25) is 0 Å². The van der Waals surface area contributed by atoms with Crippen molar-refractivity contribution in [2.45, 2.75) is 70.5 Å². The maximum Gasteiger partial charge on any atom is 0.192 e. The average Bonchev–Trinajstić information content (AvgIpc) is 2.48. The van der Waals surface area contributed by atoms with Crippen LogP contribution in [-0.4, -0.2) is 32.3 Å². The highest BCUT2D eigenvalue weighted by molar-refractivity contribution is 7.84. The summed E-state index contributed by atoms with van der Waals surface area (Å²) in [4.78, 5) is 0. The lowest BCUT2D eigenvalue weighted by molar-refractivity contribution is 0.118. The fourth-order valence-corrected chi connectivity index (χ4v) is 3.94. The first kappa shape index (κ1) is 22.2. The lowest BCUT2D eigenvalue weighted by atomic mass is 10.2. The normalized spacial score (nSPS) is 15.4. The van der Waals surface area contributed by atoms with Gasteiger partial charge < -0.3 is 9.16 Å². The zero-order chi connectivity index (χ0) is 19.3. The summed E-state index contributed by atoms with van der Waals surface area (Å²) in [6.45, 7) is 17.8. The van der Waals surface area contributed by atoms with Crippen LogP contribution in [0.15, 0.2) is 18.2 Å². The van der Waals surface area contributed by atoms with E-state index < -0.39 is 19.3 Å². The zero-order valence-electron chi connectivity index (χ0n) is 16.9. The summed E-state index contributed by atoms with van der Waals surface area (Å²) in [5.74, 6) is 0.645. The number of ether oxygens (including phenoxy) is 1. The number of nitrogens with one attached hydrogen (secondary N) is 1. The summed E-state index contributed by atoms with van der Waals surface area (Å²) in [5, 5.41) is 0.101. The number of hydrogen-bond donors (Lipinski definition) is 1. The maximum atomic E-state index is 12.3. The van der Waals surface area contributed by atoms with Gasteiger partial charge in [-0.15, -0.1) is 4.72 Å². The van der Waals surface area contributed by atoms with Crippen LogP contribution in [-0.2, 0) is 19.6 Å². The van der Waals surface area contributed by atoms with Crippen molar-refractivity contribution in [1.29, 1.82) is 0 Å². The van der Waals surface area contributed by atoms with Crippen LogP contribution in [0.2, 0.25) is 18.1 Å². The molecular formula is C19H34NO3SSi+. The van der Waals surface area contributed by atoms with E-state index in [4.69, 9.17) is 9.16 Å². The van der Waals surface area contributed by atoms with Crippen LogP contribution in [0.3, 0.4) is 0 Å². The van der Waals surface area contributed by atoms with Gasteiger partial charge in [0.05, 0.1) is 12.6 Å². The van der Waals surface area contributed by atoms with Crippen LogP contribution in [0, 0.1) is 12.1 Å². The Morgan fingerprint density at radius 3 is 2.36 bits per heavy atom. The SMILES string of the molecule is CC(C)(C)[SH+](=O)NC[C@@H](COc1c#cccc1)O[Si](C)(C)C(C)(C)C. The number of rotatable bonds is 8. The largest absolute Gasteiger partial charge is 0.483 e. The molecule has 1 rings (SSSR count). The topological polar surface area (TPSA) is 47.6 Å². The monoisotopic (exact) mass is 384 g/mol. The zero-order valence-corrected chi connectivity index (χ0v) is 18.8. The standard InChI is InChI=1S/C19H33NO3SSi/c1-18(2,3)24(21)20-14-17(23-25(7,8)19(4,5)6)15-22-16-12-10-9-11-13-16/h9-10,12,17H,14-15H2,1-8H3,(H,20,21)/p+1/t17-,24?/m0/s1. The van der Waals surface area contributed by atoms with Gasteiger partial charge in [0.1, 0.15) is 22.3 Å². The molecule has 0 saturated heterocycles. The molecule has 0 bridgehead atoms. The van der Waals surface area contributed by atoms with Gasteiger partial charge in [0.25, 0.3) is 0 Å². The van der Waals surface area contributed by atoms with E-state index in [-0.39, 0.29) is 15.9 Å². The lowest BCUT2D eigenvalue weighted by Gasteiger charge is -2.39. The molecule has 1 aromatic rings. The first-order valence-corrected chi connectivity index (χ1v) is 12.9. The summed E-state index contributed by atoms with van der Waals surface area (Å²) in [5.41, 5.74) is 0.